The van der Waals surface area contributed by atoms with Crippen molar-refractivity contribution in [2.45, 2.75) is 13.3 Å². The van der Waals surface area contributed by atoms with Gasteiger partial charge in [-0.2, -0.15) is 0 Å². The molecule has 0 aliphatic carbocycles. The molecule has 12 heavy (non-hydrogen) atoms. The highest BCUT2D eigenvalue weighted by molar-refractivity contribution is 6.35. The summed E-state index contributed by atoms with van der Waals surface area (Å²) in [4.78, 5) is 10.2. The number of carboxylic acids is 1. The molecule has 0 aliphatic heterocycles. The van der Waals surface area contributed by atoms with Crippen LogP contribution >= 0.6 is 23.2 Å². The number of rotatable bonds is 4. The summed E-state index contributed by atoms with van der Waals surface area (Å²) in [5.74, 6) is -1.62. The molecule has 0 saturated carbocycles. The summed E-state index contributed by atoms with van der Waals surface area (Å²) in [5, 5.41) is 17.7. The summed E-state index contributed by atoms with van der Waals surface area (Å²) in [6.45, 7) is 1.57. The van der Waals surface area contributed by atoms with E-state index in [1.807, 2.05) is 0 Å². The zero-order valence-electron chi connectivity index (χ0n) is 6.55. The number of aliphatic hydroxyl groups excluding tert-OH is 1. The van der Waals surface area contributed by atoms with Crippen LogP contribution in [0, 0.1) is 5.92 Å². The lowest BCUT2D eigenvalue weighted by atomic mass is 10.1. The van der Waals surface area contributed by atoms with E-state index in [0.29, 0.717) is 0 Å². The first kappa shape index (κ1) is 11.6. The number of carbonyl (C=O) groups is 1. The molecule has 0 radical (unpaired) electrons. The van der Waals surface area contributed by atoms with Gasteiger partial charge in [0.15, 0.2) is 0 Å². The smallest absolute Gasteiger partial charge is 0.304 e. The van der Waals surface area contributed by atoms with E-state index in [9.17, 15) is 9.90 Å². The van der Waals surface area contributed by atoms with Crippen LogP contribution < -0.4 is 0 Å². The lowest BCUT2D eigenvalue weighted by molar-refractivity contribution is -0.137. The van der Waals surface area contributed by atoms with Crippen LogP contribution in [0.5, 0.6) is 0 Å². The minimum Gasteiger partial charge on any atom is -0.511 e. The number of carboxylic acid groups (broad SMARTS) is 1. The fourth-order valence-corrected chi connectivity index (χ4v) is 1.02. The number of hydrogen-bond acceptors (Lipinski definition) is 2. The molecule has 0 aromatic carbocycles. The Hall–Kier alpha value is -0.410. The molecule has 5 heteroatoms. The summed E-state index contributed by atoms with van der Waals surface area (Å²) in [5.41, 5.74) is 0. The number of alkyl halides is 1. The van der Waals surface area contributed by atoms with E-state index in [1.54, 1.807) is 6.92 Å². The fourth-order valence-electron chi connectivity index (χ4n) is 0.694. The maximum absolute atomic E-state index is 10.2. The van der Waals surface area contributed by atoms with Gasteiger partial charge in [0, 0.05) is 5.92 Å². The molecule has 0 bridgehead atoms. The van der Waals surface area contributed by atoms with Gasteiger partial charge < -0.3 is 10.2 Å². The monoisotopic (exact) mass is 212 g/mol. The van der Waals surface area contributed by atoms with Gasteiger partial charge in [-0.05, 0) is 0 Å². The van der Waals surface area contributed by atoms with E-state index in [-0.39, 0.29) is 23.1 Å². The Labute approximate surface area is 80.6 Å². The number of aliphatic hydroxyl groups is 1. The molecule has 0 aliphatic rings. The summed E-state index contributed by atoms with van der Waals surface area (Å²) in [6, 6.07) is 0. The van der Waals surface area contributed by atoms with Crippen molar-refractivity contribution in [3.8, 4) is 0 Å². The van der Waals surface area contributed by atoms with Crippen LogP contribution in [-0.4, -0.2) is 22.1 Å². The molecule has 0 rings (SSSR count). The first-order valence-corrected chi connectivity index (χ1v) is 4.25. The molecule has 1 atom stereocenters. The van der Waals surface area contributed by atoms with E-state index in [2.05, 4.69) is 0 Å². The van der Waals surface area contributed by atoms with Crippen molar-refractivity contribution in [2.75, 3.05) is 5.88 Å². The minimum atomic E-state index is -0.979. The van der Waals surface area contributed by atoms with Crippen molar-refractivity contribution >= 4 is 29.2 Å². The van der Waals surface area contributed by atoms with Crippen LogP contribution in [0.15, 0.2) is 10.8 Å². The summed E-state index contributed by atoms with van der Waals surface area (Å²) < 4.78 is 0. The maximum Gasteiger partial charge on any atom is 0.304 e. The third-order valence-electron chi connectivity index (χ3n) is 1.34. The minimum absolute atomic E-state index is 0.00263. The predicted molar refractivity (Wildman–Crippen MR) is 47.6 cm³/mol. The number of allylic oxidation sites excluding steroid dienone is 2. The number of hydrogen-bond donors (Lipinski definition) is 2. The Morgan fingerprint density at radius 2 is 2.00 bits per heavy atom. The van der Waals surface area contributed by atoms with Crippen molar-refractivity contribution in [1.82, 2.24) is 0 Å². The summed E-state index contributed by atoms with van der Waals surface area (Å²) in [7, 11) is 0. The molecule has 3 nitrogen and oxygen atoms in total. The second-order valence-electron chi connectivity index (χ2n) is 2.42. The highest BCUT2D eigenvalue weighted by Crippen LogP contribution is 2.19. The average molecular weight is 213 g/mol. The van der Waals surface area contributed by atoms with Gasteiger partial charge in [0.1, 0.15) is 5.76 Å². The van der Waals surface area contributed by atoms with Gasteiger partial charge in [0.2, 0.25) is 0 Å². The van der Waals surface area contributed by atoms with Crippen LogP contribution in [-0.2, 0) is 4.79 Å². The highest BCUT2D eigenvalue weighted by Gasteiger charge is 2.14. The Balaban J connectivity index is 4.27. The molecule has 0 aromatic rings. The standard InChI is InChI=1S/C7H10Cl2O3/c1-4(2-6(10)11)7(12)5(9)3-8/h4,12H,2-3H2,1H3,(H,10,11). The zero-order valence-corrected chi connectivity index (χ0v) is 8.06. The van der Waals surface area contributed by atoms with Crippen LogP contribution in [0.4, 0.5) is 0 Å². The summed E-state index contributed by atoms with van der Waals surface area (Å²) in [6.07, 6.45) is -0.154. The van der Waals surface area contributed by atoms with Gasteiger partial charge in [0.25, 0.3) is 0 Å². The Bertz CT molecular complexity index is 201. The van der Waals surface area contributed by atoms with E-state index in [0.717, 1.165) is 0 Å². The quantitative estimate of drug-likeness (QED) is 0.556. The normalized spacial score (nSPS) is 15.2. The SMILES string of the molecule is CC(CC(=O)O)C(O)=C(Cl)CCl. The molecule has 1 unspecified atom stereocenters. The third kappa shape index (κ3) is 3.83. The predicted octanol–water partition coefficient (Wildman–Crippen LogP) is 2.34. The lowest BCUT2D eigenvalue weighted by Crippen LogP contribution is -2.08. The van der Waals surface area contributed by atoms with Crippen molar-refractivity contribution < 1.29 is 15.0 Å². The molecule has 2 N–H and O–H groups in total. The topological polar surface area (TPSA) is 57.5 Å². The van der Waals surface area contributed by atoms with Gasteiger partial charge in [0.05, 0.1) is 17.3 Å². The largest absolute Gasteiger partial charge is 0.511 e. The second kappa shape index (κ2) is 5.27. The molecule has 0 spiro atoms. The van der Waals surface area contributed by atoms with E-state index in [4.69, 9.17) is 28.3 Å². The first-order chi connectivity index (χ1) is 5.49. The van der Waals surface area contributed by atoms with Gasteiger partial charge in [-0.25, -0.2) is 0 Å². The molecule has 0 aromatic heterocycles. The van der Waals surface area contributed by atoms with Crippen LogP contribution in [0.3, 0.4) is 0 Å². The van der Waals surface area contributed by atoms with Gasteiger partial charge in [-0.1, -0.05) is 18.5 Å². The third-order valence-corrected chi connectivity index (χ3v) is 2.07. The van der Waals surface area contributed by atoms with Crippen molar-refractivity contribution in [1.29, 1.82) is 0 Å². The molecule has 0 heterocycles. The zero-order chi connectivity index (χ0) is 9.72. The van der Waals surface area contributed by atoms with Crippen LogP contribution in [0.1, 0.15) is 13.3 Å². The van der Waals surface area contributed by atoms with E-state index in [1.165, 1.54) is 0 Å². The van der Waals surface area contributed by atoms with Crippen molar-refractivity contribution in [2.24, 2.45) is 5.92 Å². The van der Waals surface area contributed by atoms with E-state index >= 15 is 0 Å². The van der Waals surface area contributed by atoms with Crippen molar-refractivity contribution in [3.63, 3.8) is 0 Å². The maximum atomic E-state index is 10.2. The Morgan fingerprint density at radius 1 is 1.50 bits per heavy atom. The van der Waals surface area contributed by atoms with Gasteiger partial charge in [-0.15, -0.1) is 11.6 Å². The molecule has 0 saturated heterocycles. The first-order valence-electron chi connectivity index (χ1n) is 3.34. The Kier molecular flexibility index (Phi) is 5.09. The molecule has 70 valence electrons. The fraction of sp³-hybridized carbons (Fsp3) is 0.571. The average Bonchev–Trinajstić information content (AvgIpc) is 2.00. The Morgan fingerprint density at radius 3 is 2.33 bits per heavy atom. The van der Waals surface area contributed by atoms with Crippen LogP contribution in [0.2, 0.25) is 0 Å². The molecule has 0 amide bonds. The molecular formula is C7H10Cl2O3. The second-order valence-corrected chi connectivity index (χ2v) is 3.15. The van der Waals surface area contributed by atoms with Crippen LogP contribution in [0.25, 0.3) is 0 Å². The molecular weight excluding hydrogens is 203 g/mol. The summed E-state index contributed by atoms with van der Waals surface area (Å²) >= 11 is 10.8. The molecule has 0 fully saturated rings. The number of aliphatic carboxylic acids is 1. The van der Waals surface area contributed by atoms with Gasteiger partial charge >= 0.3 is 5.97 Å². The van der Waals surface area contributed by atoms with E-state index < -0.39 is 11.9 Å². The highest BCUT2D eigenvalue weighted by atomic mass is 35.5. The van der Waals surface area contributed by atoms with Crippen molar-refractivity contribution in [3.05, 3.63) is 10.8 Å². The van der Waals surface area contributed by atoms with Gasteiger partial charge in [-0.3, -0.25) is 4.79 Å². The number of halogens is 2. The lowest BCUT2D eigenvalue weighted by Gasteiger charge is -2.08.